The van der Waals surface area contributed by atoms with Crippen molar-refractivity contribution in [1.82, 2.24) is 16.0 Å². The summed E-state index contributed by atoms with van der Waals surface area (Å²) in [4.78, 5) is 68.3. The van der Waals surface area contributed by atoms with Gasteiger partial charge in [0.15, 0.2) is 0 Å². The lowest BCUT2D eigenvalue weighted by Gasteiger charge is -2.23. The van der Waals surface area contributed by atoms with Gasteiger partial charge in [-0.15, -0.1) is 0 Å². The zero-order valence-corrected chi connectivity index (χ0v) is 15.1. The molecule has 0 aliphatic carbocycles. The number of carbonyl (C=O) groups is 6. The fourth-order valence-electron chi connectivity index (χ4n) is 1.97. The number of carboxylic acid groups (broad SMARTS) is 3. The Morgan fingerprint density at radius 2 is 1.21 bits per heavy atom. The molecule has 3 unspecified atom stereocenters. The molecule has 0 spiro atoms. The lowest BCUT2D eigenvalue weighted by atomic mass is 10.1. The first-order valence-electron chi connectivity index (χ1n) is 8.24. The molecule has 0 aromatic carbocycles. The molecule has 13 heteroatoms. The number of nitrogens with one attached hydrogen (secondary N) is 3. The van der Waals surface area contributed by atoms with Gasteiger partial charge in [-0.25, -0.2) is 0 Å². The molecule has 0 bridgehead atoms. The van der Waals surface area contributed by atoms with Crippen molar-refractivity contribution in [2.24, 2.45) is 5.73 Å². The van der Waals surface area contributed by atoms with Gasteiger partial charge in [0.2, 0.25) is 17.7 Å². The van der Waals surface area contributed by atoms with Gasteiger partial charge in [-0.05, 0) is 19.8 Å². The highest BCUT2D eigenvalue weighted by atomic mass is 16.4. The normalized spacial score (nSPS) is 13.5. The first kappa shape index (κ1) is 24.8. The summed E-state index contributed by atoms with van der Waals surface area (Å²) in [5.41, 5.74) is 5.15. The summed E-state index contributed by atoms with van der Waals surface area (Å²) in [6.45, 7) is 0.712. The van der Waals surface area contributed by atoms with E-state index in [0.717, 1.165) is 0 Å². The van der Waals surface area contributed by atoms with Crippen LogP contribution in [0.25, 0.3) is 0 Å². The van der Waals surface area contributed by atoms with Gasteiger partial charge >= 0.3 is 17.9 Å². The molecule has 0 saturated carbocycles. The van der Waals surface area contributed by atoms with E-state index in [-0.39, 0.29) is 12.8 Å². The number of rotatable bonds is 13. The van der Waals surface area contributed by atoms with Crippen LogP contribution in [0.2, 0.25) is 0 Å². The van der Waals surface area contributed by atoms with Crippen LogP contribution in [-0.2, 0) is 28.8 Å². The van der Waals surface area contributed by atoms with Crippen molar-refractivity contribution in [3.63, 3.8) is 0 Å². The molecule has 0 aliphatic rings. The zero-order valence-electron chi connectivity index (χ0n) is 15.1. The number of hydrogen-bond donors (Lipinski definition) is 7. The average Bonchev–Trinajstić information content (AvgIpc) is 2.60. The third kappa shape index (κ3) is 10.1. The summed E-state index contributed by atoms with van der Waals surface area (Å²) < 4.78 is 0. The van der Waals surface area contributed by atoms with E-state index in [0.29, 0.717) is 0 Å². The Bertz CT molecular complexity index is 623. The Balaban J connectivity index is 5.27. The van der Waals surface area contributed by atoms with Crippen LogP contribution >= 0.6 is 0 Å². The van der Waals surface area contributed by atoms with Crippen LogP contribution < -0.4 is 21.7 Å². The van der Waals surface area contributed by atoms with Crippen molar-refractivity contribution >= 4 is 35.6 Å². The highest BCUT2D eigenvalue weighted by Crippen LogP contribution is 2.04. The van der Waals surface area contributed by atoms with Gasteiger partial charge in [0.25, 0.3) is 0 Å². The van der Waals surface area contributed by atoms with Crippen LogP contribution in [0, 0.1) is 0 Å². The fraction of sp³-hybridized carbons (Fsp3) is 0.600. The maximum atomic E-state index is 12.4. The number of hydrogen-bond acceptors (Lipinski definition) is 7. The van der Waals surface area contributed by atoms with Crippen molar-refractivity contribution in [2.45, 2.75) is 50.7 Å². The third-order valence-corrected chi connectivity index (χ3v) is 3.49. The van der Waals surface area contributed by atoms with Crippen molar-refractivity contribution < 1.29 is 44.1 Å². The molecule has 0 radical (unpaired) electrons. The number of carboxylic acids is 3. The number of nitrogens with two attached hydrogens (primary N) is 1. The molecule has 0 rings (SSSR count). The quantitative estimate of drug-likeness (QED) is 0.167. The Morgan fingerprint density at radius 3 is 1.61 bits per heavy atom. The van der Waals surface area contributed by atoms with Crippen LogP contribution in [0.1, 0.15) is 32.6 Å². The minimum atomic E-state index is -1.41. The van der Waals surface area contributed by atoms with Gasteiger partial charge in [-0.3, -0.25) is 28.8 Å². The number of carbonyl (C=O) groups excluding carboxylic acids is 3. The predicted molar refractivity (Wildman–Crippen MR) is 91.9 cm³/mol. The van der Waals surface area contributed by atoms with Crippen molar-refractivity contribution in [2.75, 3.05) is 6.54 Å². The second-order valence-corrected chi connectivity index (χ2v) is 5.82. The number of aliphatic carboxylic acids is 3. The maximum absolute atomic E-state index is 12.4. The van der Waals surface area contributed by atoms with E-state index in [1.54, 1.807) is 0 Å². The summed E-state index contributed by atoms with van der Waals surface area (Å²) >= 11 is 0. The summed E-state index contributed by atoms with van der Waals surface area (Å²) in [6.07, 6.45) is -1.62. The standard InChI is InChI=1S/C15H24N4O9/c1-7(15(27)28)17-13(25)9(3-5-12(23)24)19-14(26)8(2-4-11(21)22)18-10(20)6-16/h7-9H,2-6,16H2,1H3,(H,17,25)(H,18,20)(H,19,26)(H,21,22)(H,23,24)(H,27,28). The van der Waals surface area contributed by atoms with Crippen LogP contribution in [0.15, 0.2) is 0 Å². The molecule has 3 atom stereocenters. The smallest absolute Gasteiger partial charge is 0.325 e. The molecule has 0 heterocycles. The van der Waals surface area contributed by atoms with Gasteiger partial charge in [0.1, 0.15) is 18.1 Å². The third-order valence-electron chi connectivity index (χ3n) is 3.49. The van der Waals surface area contributed by atoms with Gasteiger partial charge < -0.3 is 37.0 Å². The fourth-order valence-corrected chi connectivity index (χ4v) is 1.97. The minimum absolute atomic E-state index is 0.300. The predicted octanol–water partition coefficient (Wildman–Crippen LogP) is -2.77. The van der Waals surface area contributed by atoms with Crippen molar-refractivity contribution in [1.29, 1.82) is 0 Å². The molecule has 0 fully saturated rings. The summed E-state index contributed by atoms with van der Waals surface area (Å²) in [6, 6.07) is -4.03. The monoisotopic (exact) mass is 404 g/mol. The summed E-state index contributed by atoms with van der Waals surface area (Å²) in [5, 5.41) is 32.9. The second kappa shape index (κ2) is 12.2. The molecule has 0 aromatic heterocycles. The largest absolute Gasteiger partial charge is 0.481 e. The van der Waals surface area contributed by atoms with Gasteiger partial charge in [0.05, 0.1) is 6.54 Å². The average molecular weight is 404 g/mol. The van der Waals surface area contributed by atoms with Crippen LogP contribution in [0.3, 0.4) is 0 Å². The number of amides is 3. The lowest BCUT2D eigenvalue weighted by Crippen LogP contribution is -2.56. The van der Waals surface area contributed by atoms with Gasteiger partial charge in [-0.2, -0.15) is 0 Å². The van der Waals surface area contributed by atoms with E-state index in [9.17, 15) is 28.8 Å². The molecular formula is C15H24N4O9. The molecule has 3 amide bonds. The van der Waals surface area contributed by atoms with E-state index in [1.165, 1.54) is 6.92 Å². The van der Waals surface area contributed by atoms with E-state index in [2.05, 4.69) is 16.0 Å². The Labute approximate surface area is 159 Å². The van der Waals surface area contributed by atoms with Crippen LogP contribution in [0.5, 0.6) is 0 Å². The molecule has 0 aromatic rings. The molecule has 8 N–H and O–H groups in total. The lowest BCUT2D eigenvalue weighted by molar-refractivity contribution is -0.142. The van der Waals surface area contributed by atoms with Crippen molar-refractivity contribution in [3.8, 4) is 0 Å². The highest BCUT2D eigenvalue weighted by molar-refractivity contribution is 5.93. The van der Waals surface area contributed by atoms with Crippen LogP contribution in [-0.4, -0.2) is 75.6 Å². The van der Waals surface area contributed by atoms with Gasteiger partial charge in [0, 0.05) is 12.8 Å². The van der Waals surface area contributed by atoms with E-state index in [1.807, 2.05) is 0 Å². The molecule has 28 heavy (non-hydrogen) atoms. The van der Waals surface area contributed by atoms with Gasteiger partial charge in [-0.1, -0.05) is 0 Å². The topological polar surface area (TPSA) is 225 Å². The summed E-state index contributed by atoms with van der Waals surface area (Å²) in [7, 11) is 0. The Morgan fingerprint density at radius 1 is 0.786 bits per heavy atom. The van der Waals surface area contributed by atoms with E-state index in [4.69, 9.17) is 21.1 Å². The van der Waals surface area contributed by atoms with Crippen molar-refractivity contribution in [3.05, 3.63) is 0 Å². The second-order valence-electron chi connectivity index (χ2n) is 5.82. The first-order valence-corrected chi connectivity index (χ1v) is 8.24. The summed E-state index contributed by atoms with van der Waals surface area (Å²) in [5.74, 6) is -6.43. The molecule has 158 valence electrons. The SMILES string of the molecule is CC(NC(=O)C(CCC(=O)O)NC(=O)C(CCC(=O)O)NC(=O)CN)C(=O)O. The molecule has 0 aliphatic heterocycles. The Kier molecular flexibility index (Phi) is 10.8. The van der Waals surface area contributed by atoms with E-state index >= 15 is 0 Å². The molecule has 13 nitrogen and oxygen atoms in total. The zero-order chi connectivity index (χ0) is 21.9. The Hall–Kier alpha value is -3.22. The molecule has 0 saturated heterocycles. The van der Waals surface area contributed by atoms with E-state index < -0.39 is 73.1 Å². The molecular weight excluding hydrogens is 380 g/mol. The maximum Gasteiger partial charge on any atom is 0.325 e. The highest BCUT2D eigenvalue weighted by Gasteiger charge is 2.28. The minimum Gasteiger partial charge on any atom is -0.481 e. The van der Waals surface area contributed by atoms with Crippen LogP contribution in [0.4, 0.5) is 0 Å². The first-order chi connectivity index (χ1) is 13.0.